The fraction of sp³-hybridized carbons (Fsp3) is 0.526. The maximum atomic E-state index is 6.06. The van der Waals surface area contributed by atoms with E-state index >= 15 is 0 Å². The van der Waals surface area contributed by atoms with E-state index in [1.54, 1.807) is 26.4 Å². The lowest BCUT2D eigenvalue weighted by molar-refractivity contribution is 0.226. The number of nitrogens with one attached hydrogen (secondary N) is 1. The Bertz CT molecular complexity index is 839. The average Bonchev–Trinajstić information content (AvgIpc) is 2.72. The molecule has 1 saturated heterocycles. The van der Waals surface area contributed by atoms with Gasteiger partial charge in [-0.05, 0) is 57.1 Å². The third kappa shape index (κ3) is 5.75. The first-order valence-electron chi connectivity index (χ1n) is 9.28. The average molecular weight is 461 g/mol. The molecule has 0 unspecified atom stereocenters. The van der Waals surface area contributed by atoms with Gasteiger partial charge >= 0.3 is 0 Å². The van der Waals surface area contributed by atoms with Crippen molar-refractivity contribution in [1.29, 1.82) is 0 Å². The number of hydrogen-bond acceptors (Lipinski definition) is 7. The fourth-order valence-corrected chi connectivity index (χ4v) is 3.44. The standard InChI is InChI=1S/C19H24Cl3N5O2/c1-27-8-6-12(7-9-27)11-23-18-25-16(24-17(26-18)19(20,21)22)13-4-5-14(28-2)15(10-13)29-3/h4-5,10,12H,6-9,11H2,1-3H3,(H,23,24,25,26). The van der Waals surface area contributed by atoms with Crippen LogP contribution in [-0.2, 0) is 3.79 Å². The number of aromatic nitrogens is 3. The lowest BCUT2D eigenvalue weighted by Crippen LogP contribution is -2.33. The van der Waals surface area contributed by atoms with Crippen molar-refractivity contribution in [3.63, 3.8) is 0 Å². The molecular formula is C19H24Cl3N5O2. The van der Waals surface area contributed by atoms with Gasteiger partial charge in [0.2, 0.25) is 9.74 Å². The molecule has 2 aromatic rings. The topological polar surface area (TPSA) is 72.4 Å². The Morgan fingerprint density at radius 2 is 1.76 bits per heavy atom. The predicted molar refractivity (Wildman–Crippen MR) is 116 cm³/mol. The van der Waals surface area contributed by atoms with E-state index < -0.39 is 3.79 Å². The summed E-state index contributed by atoms with van der Waals surface area (Å²) in [6.45, 7) is 2.92. The molecule has 0 bridgehead atoms. The second-order valence-electron chi connectivity index (χ2n) is 7.00. The van der Waals surface area contributed by atoms with Gasteiger partial charge in [-0.3, -0.25) is 0 Å². The Morgan fingerprint density at radius 3 is 2.38 bits per heavy atom. The van der Waals surface area contributed by atoms with Crippen molar-refractivity contribution in [2.45, 2.75) is 16.6 Å². The van der Waals surface area contributed by atoms with Crippen LogP contribution in [0.2, 0.25) is 0 Å². The normalized spacial score (nSPS) is 15.9. The van der Waals surface area contributed by atoms with Gasteiger partial charge < -0.3 is 19.7 Å². The molecule has 1 aliphatic heterocycles. The molecule has 158 valence electrons. The van der Waals surface area contributed by atoms with E-state index in [1.807, 2.05) is 6.07 Å². The van der Waals surface area contributed by atoms with Crippen LogP contribution < -0.4 is 14.8 Å². The minimum Gasteiger partial charge on any atom is -0.493 e. The van der Waals surface area contributed by atoms with E-state index in [4.69, 9.17) is 44.3 Å². The van der Waals surface area contributed by atoms with Crippen LogP contribution in [0.15, 0.2) is 18.2 Å². The van der Waals surface area contributed by atoms with E-state index in [9.17, 15) is 0 Å². The van der Waals surface area contributed by atoms with Gasteiger partial charge in [-0.2, -0.15) is 9.97 Å². The molecule has 3 rings (SSSR count). The molecule has 10 heteroatoms. The van der Waals surface area contributed by atoms with Crippen LogP contribution in [0.3, 0.4) is 0 Å². The summed E-state index contributed by atoms with van der Waals surface area (Å²) >= 11 is 18.2. The number of benzene rings is 1. The predicted octanol–water partition coefficient (Wildman–Crippen LogP) is 4.14. The zero-order valence-electron chi connectivity index (χ0n) is 16.6. The van der Waals surface area contributed by atoms with E-state index in [0.29, 0.717) is 34.8 Å². The highest BCUT2D eigenvalue weighted by atomic mass is 35.6. The van der Waals surface area contributed by atoms with Crippen molar-refractivity contribution in [2.24, 2.45) is 5.92 Å². The summed E-state index contributed by atoms with van der Waals surface area (Å²) in [6, 6.07) is 5.37. The highest BCUT2D eigenvalue weighted by Gasteiger charge is 2.29. The van der Waals surface area contributed by atoms with Crippen LogP contribution >= 0.6 is 34.8 Å². The van der Waals surface area contributed by atoms with Crippen LogP contribution in [0.25, 0.3) is 11.4 Å². The zero-order chi connectivity index (χ0) is 21.0. The molecule has 1 N–H and O–H groups in total. The smallest absolute Gasteiger partial charge is 0.250 e. The minimum atomic E-state index is -1.77. The monoisotopic (exact) mass is 459 g/mol. The first kappa shape index (κ1) is 22.2. The van der Waals surface area contributed by atoms with Gasteiger partial charge in [0.1, 0.15) is 0 Å². The molecule has 29 heavy (non-hydrogen) atoms. The number of ether oxygens (including phenoxy) is 2. The molecule has 1 aromatic carbocycles. The summed E-state index contributed by atoms with van der Waals surface area (Å²) in [6.07, 6.45) is 2.24. The molecule has 0 amide bonds. The van der Waals surface area contributed by atoms with Crippen molar-refractivity contribution in [2.75, 3.05) is 46.2 Å². The minimum absolute atomic E-state index is 0.0631. The Kier molecular flexibility index (Phi) is 7.27. The number of methoxy groups -OCH3 is 2. The molecule has 0 saturated carbocycles. The first-order chi connectivity index (χ1) is 13.8. The number of piperidine rings is 1. The summed E-state index contributed by atoms with van der Waals surface area (Å²) in [5, 5.41) is 3.29. The van der Waals surface area contributed by atoms with Crippen LogP contribution in [0, 0.1) is 5.92 Å². The number of nitrogens with zero attached hydrogens (tertiary/aromatic N) is 4. The number of hydrogen-bond donors (Lipinski definition) is 1. The third-order valence-corrected chi connectivity index (χ3v) is 5.42. The molecular weight excluding hydrogens is 437 g/mol. The Labute approximate surface area is 185 Å². The number of rotatable bonds is 6. The van der Waals surface area contributed by atoms with Gasteiger partial charge in [0, 0.05) is 12.1 Å². The van der Waals surface area contributed by atoms with Gasteiger partial charge in [0.05, 0.1) is 14.2 Å². The highest BCUT2D eigenvalue weighted by molar-refractivity contribution is 6.66. The van der Waals surface area contributed by atoms with Crippen LogP contribution in [-0.4, -0.2) is 60.8 Å². The third-order valence-electron chi connectivity index (χ3n) is 4.92. The van der Waals surface area contributed by atoms with Crippen molar-refractivity contribution in [1.82, 2.24) is 19.9 Å². The first-order valence-corrected chi connectivity index (χ1v) is 10.4. The van der Waals surface area contributed by atoms with Crippen molar-refractivity contribution in [3.8, 4) is 22.9 Å². The molecule has 0 spiro atoms. The number of anilines is 1. The van der Waals surface area contributed by atoms with Gasteiger partial charge in [-0.25, -0.2) is 4.98 Å². The van der Waals surface area contributed by atoms with Gasteiger partial charge in [-0.1, -0.05) is 34.8 Å². The fourth-order valence-electron chi connectivity index (χ4n) is 3.19. The molecule has 1 fully saturated rings. The Morgan fingerprint density at radius 1 is 1.07 bits per heavy atom. The molecule has 2 heterocycles. The van der Waals surface area contributed by atoms with Crippen molar-refractivity contribution in [3.05, 3.63) is 24.0 Å². The molecule has 0 radical (unpaired) electrons. The summed E-state index contributed by atoms with van der Waals surface area (Å²) in [5.74, 6) is 2.53. The van der Waals surface area contributed by atoms with E-state index in [2.05, 4.69) is 32.2 Å². The van der Waals surface area contributed by atoms with E-state index in [1.165, 1.54) is 0 Å². The van der Waals surface area contributed by atoms with E-state index in [0.717, 1.165) is 32.5 Å². The van der Waals surface area contributed by atoms with Crippen molar-refractivity contribution < 1.29 is 9.47 Å². The van der Waals surface area contributed by atoms with Crippen LogP contribution in [0.5, 0.6) is 11.5 Å². The van der Waals surface area contributed by atoms with E-state index in [-0.39, 0.29) is 5.82 Å². The second-order valence-corrected chi connectivity index (χ2v) is 9.28. The summed E-state index contributed by atoms with van der Waals surface area (Å²) in [7, 11) is 5.28. The highest BCUT2D eigenvalue weighted by Crippen LogP contribution is 2.37. The Balaban J connectivity index is 1.88. The number of halogens is 3. The summed E-state index contributed by atoms with van der Waals surface area (Å²) in [5.41, 5.74) is 0.697. The largest absolute Gasteiger partial charge is 0.493 e. The summed E-state index contributed by atoms with van der Waals surface area (Å²) in [4.78, 5) is 15.5. The van der Waals surface area contributed by atoms with Crippen molar-refractivity contribution >= 4 is 40.8 Å². The maximum absolute atomic E-state index is 6.06. The second kappa shape index (κ2) is 9.51. The lowest BCUT2D eigenvalue weighted by Gasteiger charge is -2.29. The molecule has 0 atom stereocenters. The maximum Gasteiger partial charge on any atom is 0.250 e. The number of alkyl halides is 3. The summed E-state index contributed by atoms with van der Waals surface area (Å²) < 4.78 is 8.89. The number of likely N-dealkylation sites (tertiary alicyclic amines) is 1. The van der Waals surface area contributed by atoms with Gasteiger partial charge in [-0.15, -0.1) is 0 Å². The zero-order valence-corrected chi connectivity index (χ0v) is 18.9. The molecule has 1 aromatic heterocycles. The molecule has 0 aliphatic carbocycles. The quantitative estimate of drug-likeness (QED) is 0.650. The van der Waals surface area contributed by atoms with Gasteiger partial charge in [0.15, 0.2) is 23.1 Å². The van der Waals surface area contributed by atoms with Crippen LogP contribution in [0.1, 0.15) is 18.7 Å². The molecule has 7 nitrogen and oxygen atoms in total. The molecule has 1 aliphatic rings. The SMILES string of the molecule is COc1ccc(-c2nc(NCC3CCN(C)CC3)nc(C(Cl)(Cl)Cl)n2)cc1OC. The lowest BCUT2D eigenvalue weighted by atomic mass is 9.97. The van der Waals surface area contributed by atoms with Gasteiger partial charge in [0.25, 0.3) is 0 Å². The Hall–Kier alpha value is -1.54. The van der Waals surface area contributed by atoms with Crippen LogP contribution in [0.4, 0.5) is 5.95 Å².